The van der Waals surface area contributed by atoms with Crippen LogP contribution in [0.2, 0.25) is 0 Å². The van der Waals surface area contributed by atoms with E-state index in [0.29, 0.717) is 6.04 Å². The molecule has 0 radical (unpaired) electrons. The minimum Gasteiger partial charge on any atom is -0.308 e. The first-order chi connectivity index (χ1) is 7.99. The van der Waals surface area contributed by atoms with Crippen LogP contribution in [0.3, 0.4) is 0 Å². The molecule has 0 bridgehead atoms. The molecule has 1 aromatic heterocycles. The van der Waals surface area contributed by atoms with E-state index in [4.69, 9.17) is 0 Å². The Morgan fingerprint density at radius 3 is 2.59 bits per heavy atom. The fraction of sp³-hybridized carbons (Fsp3) is 0.769. The van der Waals surface area contributed by atoms with Crippen LogP contribution in [-0.2, 0) is 13.6 Å². The number of nitrogens with one attached hydrogen (secondary N) is 1. The second kappa shape index (κ2) is 6.77. The molecule has 0 saturated carbocycles. The summed E-state index contributed by atoms with van der Waals surface area (Å²) in [6.07, 6.45) is 3.05. The number of aryl methyl sites for hydroxylation is 1. The number of hydrogen-bond acceptors (Lipinski definition) is 3. The van der Waals surface area contributed by atoms with Crippen LogP contribution in [0, 0.1) is 5.92 Å². The van der Waals surface area contributed by atoms with Crippen molar-refractivity contribution < 1.29 is 0 Å². The molecule has 0 aliphatic carbocycles. The average Bonchev–Trinajstić information content (AvgIpc) is 2.59. The SMILES string of the molecule is CC(C)CC(CN(C)C)NCc1ccnn1C. The fourth-order valence-electron chi connectivity index (χ4n) is 2.06. The normalized spacial score (nSPS) is 13.6. The minimum atomic E-state index is 0.542. The maximum absolute atomic E-state index is 4.18. The second-order valence-electron chi connectivity index (χ2n) is 5.42. The van der Waals surface area contributed by atoms with Gasteiger partial charge < -0.3 is 10.2 Å². The number of nitrogens with zero attached hydrogens (tertiary/aromatic N) is 3. The Labute approximate surface area is 105 Å². The smallest absolute Gasteiger partial charge is 0.0518 e. The highest BCUT2D eigenvalue weighted by Crippen LogP contribution is 2.07. The molecule has 0 fully saturated rings. The van der Waals surface area contributed by atoms with Crippen LogP contribution in [0.15, 0.2) is 12.3 Å². The molecular weight excluding hydrogens is 212 g/mol. The molecule has 0 amide bonds. The number of rotatable bonds is 7. The quantitative estimate of drug-likeness (QED) is 0.781. The lowest BCUT2D eigenvalue weighted by molar-refractivity contribution is 0.303. The molecule has 0 saturated heterocycles. The molecule has 0 aliphatic rings. The molecule has 1 unspecified atom stereocenters. The molecule has 17 heavy (non-hydrogen) atoms. The van der Waals surface area contributed by atoms with Gasteiger partial charge in [-0.1, -0.05) is 13.8 Å². The summed E-state index contributed by atoms with van der Waals surface area (Å²) in [7, 11) is 6.23. The Morgan fingerprint density at radius 1 is 1.41 bits per heavy atom. The number of hydrogen-bond donors (Lipinski definition) is 1. The summed E-state index contributed by atoms with van der Waals surface area (Å²) in [5.41, 5.74) is 1.23. The molecule has 1 rings (SSSR count). The van der Waals surface area contributed by atoms with Crippen molar-refractivity contribution in [3.05, 3.63) is 18.0 Å². The molecule has 1 N–H and O–H groups in total. The van der Waals surface area contributed by atoms with Crippen molar-refractivity contribution in [2.45, 2.75) is 32.9 Å². The van der Waals surface area contributed by atoms with Crippen LogP contribution >= 0.6 is 0 Å². The van der Waals surface area contributed by atoms with Crippen molar-refractivity contribution in [2.75, 3.05) is 20.6 Å². The van der Waals surface area contributed by atoms with Gasteiger partial charge in [-0.25, -0.2) is 0 Å². The maximum Gasteiger partial charge on any atom is 0.0518 e. The summed E-state index contributed by atoms with van der Waals surface area (Å²) in [5, 5.41) is 7.81. The van der Waals surface area contributed by atoms with Crippen LogP contribution in [-0.4, -0.2) is 41.4 Å². The third-order valence-electron chi connectivity index (χ3n) is 2.84. The zero-order valence-electron chi connectivity index (χ0n) is 11.8. The van der Waals surface area contributed by atoms with Gasteiger partial charge in [0.1, 0.15) is 0 Å². The topological polar surface area (TPSA) is 33.1 Å². The molecule has 0 aromatic carbocycles. The maximum atomic E-state index is 4.18. The first-order valence-electron chi connectivity index (χ1n) is 6.34. The van der Waals surface area contributed by atoms with Crippen molar-refractivity contribution in [1.82, 2.24) is 20.0 Å². The monoisotopic (exact) mass is 238 g/mol. The van der Waals surface area contributed by atoms with Gasteiger partial charge in [0, 0.05) is 32.4 Å². The first kappa shape index (κ1) is 14.2. The molecule has 1 atom stereocenters. The molecule has 0 aliphatic heterocycles. The van der Waals surface area contributed by atoms with Crippen molar-refractivity contribution in [3.8, 4) is 0 Å². The minimum absolute atomic E-state index is 0.542. The van der Waals surface area contributed by atoms with Gasteiger partial charge >= 0.3 is 0 Å². The van der Waals surface area contributed by atoms with Crippen LogP contribution in [0.5, 0.6) is 0 Å². The summed E-state index contributed by atoms with van der Waals surface area (Å²) in [6, 6.07) is 2.61. The Bertz CT molecular complexity index is 307. The molecule has 4 heteroatoms. The predicted molar refractivity (Wildman–Crippen MR) is 71.8 cm³/mol. The van der Waals surface area contributed by atoms with E-state index >= 15 is 0 Å². The van der Waals surface area contributed by atoms with Gasteiger partial charge in [-0.2, -0.15) is 5.10 Å². The van der Waals surface area contributed by atoms with Crippen LogP contribution in [0.25, 0.3) is 0 Å². The van der Waals surface area contributed by atoms with E-state index in [2.05, 4.69) is 49.3 Å². The lowest BCUT2D eigenvalue weighted by Crippen LogP contribution is -2.39. The van der Waals surface area contributed by atoms with E-state index in [0.717, 1.165) is 19.0 Å². The lowest BCUT2D eigenvalue weighted by Gasteiger charge is -2.24. The van der Waals surface area contributed by atoms with E-state index in [9.17, 15) is 0 Å². The van der Waals surface area contributed by atoms with E-state index in [1.807, 2.05) is 17.9 Å². The Hall–Kier alpha value is -0.870. The Balaban J connectivity index is 2.45. The third-order valence-corrected chi connectivity index (χ3v) is 2.84. The lowest BCUT2D eigenvalue weighted by atomic mass is 10.0. The van der Waals surface area contributed by atoms with Gasteiger partial charge in [0.05, 0.1) is 5.69 Å². The zero-order valence-corrected chi connectivity index (χ0v) is 11.8. The van der Waals surface area contributed by atoms with E-state index in [-0.39, 0.29) is 0 Å². The van der Waals surface area contributed by atoms with Crippen LogP contribution in [0.4, 0.5) is 0 Å². The first-order valence-corrected chi connectivity index (χ1v) is 6.34. The second-order valence-corrected chi connectivity index (χ2v) is 5.42. The average molecular weight is 238 g/mol. The van der Waals surface area contributed by atoms with Gasteiger partial charge in [-0.15, -0.1) is 0 Å². The van der Waals surface area contributed by atoms with Crippen molar-refractivity contribution in [1.29, 1.82) is 0 Å². The van der Waals surface area contributed by atoms with Crippen molar-refractivity contribution in [2.24, 2.45) is 13.0 Å². The van der Waals surface area contributed by atoms with E-state index in [1.165, 1.54) is 12.1 Å². The molecule has 4 nitrogen and oxygen atoms in total. The van der Waals surface area contributed by atoms with Crippen molar-refractivity contribution >= 4 is 0 Å². The zero-order chi connectivity index (χ0) is 12.8. The highest BCUT2D eigenvalue weighted by atomic mass is 15.3. The van der Waals surface area contributed by atoms with Crippen LogP contribution < -0.4 is 5.32 Å². The largest absolute Gasteiger partial charge is 0.308 e. The van der Waals surface area contributed by atoms with Gasteiger partial charge in [0.15, 0.2) is 0 Å². The summed E-state index contributed by atoms with van der Waals surface area (Å²) in [4.78, 5) is 2.24. The molecule has 1 heterocycles. The molecule has 98 valence electrons. The van der Waals surface area contributed by atoms with Crippen LogP contribution in [0.1, 0.15) is 26.0 Å². The molecule has 1 aromatic rings. The standard InChI is InChI=1S/C13H26N4/c1-11(2)8-12(10-16(3)4)14-9-13-6-7-15-17(13)5/h6-7,11-12,14H,8-10H2,1-5H3. The summed E-state index contributed by atoms with van der Waals surface area (Å²) in [6.45, 7) is 6.51. The van der Waals surface area contributed by atoms with E-state index in [1.54, 1.807) is 0 Å². The third kappa shape index (κ3) is 5.33. The van der Waals surface area contributed by atoms with Gasteiger partial charge in [0.25, 0.3) is 0 Å². The Kier molecular flexibility index (Phi) is 5.65. The fourth-order valence-corrected chi connectivity index (χ4v) is 2.06. The Morgan fingerprint density at radius 2 is 2.12 bits per heavy atom. The number of aromatic nitrogens is 2. The van der Waals surface area contributed by atoms with Crippen molar-refractivity contribution in [3.63, 3.8) is 0 Å². The summed E-state index contributed by atoms with van der Waals surface area (Å²) < 4.78 is 1.93. The highest BCUT2D eigenvalue weighted by Gasteiger charge is 2.12. The summed E-state index contributed by atoms with van der Waals surface area (Å²) in [5.74, 6) is 0.721. The summed E-state index contributed by atoms with van der Waals surface area (Å²) >= 11 is 0. The molecular formula is C13H26N4. The van der Waals surface area contributed by atoms with Gasteiger partial charge in [-0.05, 0) is 32.5 Å². The highest BCUT2D eigenvalue weighted by molar-refractivity contribution is 4.99. The van der Waals surface area contributed by atoms with Gasteiger partial charge in [0.2, 0.25) is 0 Å². The predicted octanol–water partition coefficient (Wildman–Crippen LogP) is 1.49. The van der Waals surface area contributed by atoms with Gasteiger partial charge in [-0.3, -0.25) is 4.68 Å². The van der Waals surface area contributed by atoms with E-state index < -0.39 is 0 Å². The number of likely N-dealkylation sites (N-methyl/N-ethyl adjacent to an activating group) is 1. The molecule has 0 spiro atoms.